The van der Waals surface area contributed by atoms with Gasteiger partial charge in [-0.2, -0.15) is 10.2 Å². The van der Waals surface area contributed by atoms with Crippen LogP contribution in [0.2, 0.25) is 0 Å². The topological polar surface area (TPSA) is 96.7 Å². The van der Waals surface area contributed by atoms with E-state index in [0.29, 0.717) is 0 Å². The van der Waals surface area contributed by atoms with Gasteiger partial charge in [-0.25, -0.2) is 9.31 Å². The van der Waals surface area contributed by atoms with E-state index in [1.165, 1.54) is 32.1 Å². The zero-order valence-corrected chi connectivity index (χ0v) is 20.6. The smallest absolute Gasteiger partial charge is 0.405 e. The quantitative estimate of drug-likeness (QED) is 0.554. The number of nitrogens with two attached hydrogens (primary N) is 1. The third-order valence-electron chi connectivity index (χ3n) is 4.39. The molecule has 0 aromatic carbocycles. The number of carbonyl (C=O) groups is 1. The number of hydrogen-bond donors (Lipinski definition) is 1. The predicted octanol–water partition coefficient (Wildman–Crippen LogP) is 5.60. The van der Waals surface area contributed by atoms with Gasteiger partial charge in [0.25, 0.3) is 0 Å². The summed E-state index contributed by atoms with van der Waals surface area (Å²) in [6.07, 6.45) is 14.3. The van der Waals surface area contributed by atoms with Crippen LogP contribution in [0, 0.1) is 0 Å². The summed E-state index contributed by atoms with van der Waals surface area (Å²) in [6.45, 7) is 9.28. The average Bonchev–Trinajstić information content (AvgIpc) is 3.50. The number of nitrogens with zero attached hydrogens (tertiary/aromatic N) is 4. The number of amides is 1. The molecule has 8 nitrogen and oxygen atoms in total. The molecule has 1 saturated carbocycles. The Morgan fingerprint density at radius 1 is 1.03 bits per heavy atom. The Kier molecular flexibility index (Phi) is 11.3. The number of rotatable bonds is 2. The van der Waals surface area contributed by atoms with Gasteiger partial charge in [-0.15, -0.1) is 0 Å². The fourth-order valence-corrected chi connectivity index (χ4v) is 3.07. The van der Waals surface area contributed by atoms with E-state index in [4.69, 9.17) is 10.5 Å². The first-order chi connectivity index (χ1) is 15.2. The number of ether oxygens (including phenoxy) is 2. The van der Waals surface area contributed by atoms with E-state index >= 15 is 0 Å². The second-order valence-corrected chi connectivity index (χ2v) is 8.16. The molecule has 0 aliphatic heterocycles. The number of aryl methyl sites for hydroxylation is 1. The van der Waals surface area contributed by atoms with Gasteiger partial charge < -0.3 is 15.2 Å². The van der Waals surface area contributed by atoms with Gasteiger partial charge in [0.05, 0.1) is 19.5 Å². The van der Waals surface area contributed by atoms with Crippen molar-refractivity contribution in [2.75, 3.05) is 7.11 Å². The summed E-state index contributed by atoms with van der Waals surface area (Å²) >= 11 is 0. The first kappa shape index (κ1) is 27.0. The van der Waals surface area contributed by atoms with Gasteiger partial charge in [0.1, 0.15) is 16.9 Å². The molecule has 0 unspecified atom stereocenters. The highest BCUT2D eigenvalue weighted by Gasteiger charge is 2.12. The highest BCUT2D eigenvalue weighted by atomic mass is 16.6. The van der Waals surface area contributed by atoms with E-state index in [0.717, 1.165) is 22.4 Å². The summed E-state index contributed by atoms with van der Waals surface area (Å²) < 4.78 is 13.5. The summed E-state index contributed by atoms with van der Waals surface area (Å²) in [6, 6.07) is 3.92. The lowest BCUT2D eigenvalue weighted by molar-refractivity contribution is 0.0600. The van der Waals surface area contributed by atoms with Crippen LogP contribution in [0.1, 0.15) is 66.7 Å². The molecular weight excluding hydrogens is 406 g/mol. The lowest BCUT2D eigenvalue weighted by Crippen LogP contribution is -2.27. The molecule has 0 radical (unpaired) electrons. The lowest BCUT2D eigenvalue weighted by Gasteiger charge is -2.16. The maximum absolute atomic E-state index is 10.0. The van der Waals surface area contributed by atoms with Crippen LogP contribution in [0.5, 0.6) is 5.75 Å². The van der Waals surface area contributed by atoms with Crippen LogP contribution in [0.4, 0.5) is 4.79 Å². The minimum atomic E-state index is -0.725. The summed E-state index contributed by atoms with van der Waals surface area (Å²) in [7, 11) is 3.56. The van der Waals surface area contributed by atoms with Gasteiger partial charge in [-0.1, -0.05) is 46.0 Å². The van der Waals surface area contributed by atoms with Gasteiger partial charge in [0.15, 0.2) is 0 Å². The largest absolute Gasteiger partial charge is 0.494 e. The highest BCUT2D eigenvalue weighted by molar-refractivity contribution is 5.70. The minimum Gasteiger partial charge on any atom is -0.494 e. The Bertz CT molecular complexity index is 929. The SMILES string of the molecule is C1CCCC1.CC.CC(C)(C)OC(N)=O.COc1cc(-c2cnn(C)c2)cn2nccc12. The molecule has 4 rings (SSSR count). The number of aromatic nitrogens is 4. The number of carbonyl (C=O) groups excluding carboxylic acids is 1. The molecular formula is C24H39N5O3. The van der Waals surface area contributed by atoms with Crippen molar-refractivity contribution in [2.24, 2.45) is 12.8 Å². The van der Waals surface area contributed by atoms with E-state index < -0.39 is 11.7 Å². The van der Waals surface area contributed by atoms with Crippen molar-refractivity contribution in [1.82, 2.24) is 19.4 Å². The van der Waals surface area contributed by atoms with Crippen molar-refractivity contribution < 1.29 is 14.3 Å². The minimum absolute atomic E-state index is 0.453. The van der Waals surface area contributed by atoms with Crippen LogP contribution in [-0.4, -0.2) is 38.2 Å². The first-order valence-corrected chi connectivity index (χ1v) is 11.2. The van der Waals surface area contributed by atoms with Crippen LogP contribution < -0.4 is 10.5 Å². The normalized spacial score (nSPS) is 12.5. The maximum Gasteiger partial charge on any atom is 0.405 e. The van der Waals surface area contributed by atoms with Crippen molar-refractivity contribution >= 4 is 11.6 Å². The number of hydrogen-bond acceptors (Lipinski definition) is 5. The van der Waals surface area contributed by atoms with E-state index in [1.807, 2.05) is 51.6 Å². The second kappa shape index (κ2) is 13.4. The third-order valence-corrected chi connectivity index (χ3v) is 4.39. The van der Waals surface area contributed by atoms with E-state index in [-0.39, 0.29) is 0 Å². The Morgan fingerprint density at radius 3 is 2.03 bits per heavy atom. The van der Waals surface area contributed by atoms with Crippen molar-refractivity contribution in [1.29, 1.82) is 0 Å². The van der Waals surface area contributed by atoms with Crippen LogP contribution in [-0.2, 0) is 11.8 Å². The number of primary amides is 1. The summed E-state index contributed by atoms with van der Waals surface area (Å²) in [5.41, 5.74) is 7.30. The van der Waals surface area contributed by atoms with Gasteiger partial charge in [0.2, 0.25) is 0 Å². The predicted molar refractivity (Wildman–Crippen MR) is 129 cm³/mol. The standard InChI is InChI=1S/C12H12N4O.C5H11NO2.C5H10.C2H6/c1-15-7-10(6-14-15)9-5-12(17-2)11-3-4-13-16(11)8-9;1-5(2,3)8-4(6)7;1-2-4-5-3-1;1-2/h3-8H,1-2H3;1-3H3,(H2,6,7);1-5H2;1-2H3. The fourth-order valence-electron chi connectivity index (χ4n) is 3.07. The number of fused-ring (bicyclic) bond motifs is 1. The van der Waals surface area contributed by atoms with Gasteiger partial charge >= 0.3 is 6.09 Å². The molecule has 3 heterocycles. The molecule has 1 aliphatic carbocycles. The molecule has 178 valence electrons. The molecule has 3 aromatic heterocycles. The van der Waals surface area contributed by atoms with Crippen molar-refractivity contribution in [3.05, 3.63) is 36.9 Å². The zero-order chi connectivity index (χ0) is 24.1. The highest BCUT2D eigenvalue weighted by Crippen LogP contribution is 2.27. The van der Waals surface area contributed by atoms with Gasteiger partial charge in [-0.05, 0) is 32.9 Å². The molecule has 0 spiro atoms. The van der Waals surface area contributed by atoms with Crippen LogP contribution in [0.3, 0.4) is 0 Å². The van der Waals surface area contributed by atoms with E-state index in [9.17, 15) is 4.79 Å². The summed E-state index contributed by atoms with van der Waals surface area (Å²) in [4.78, 5) is 10.0. The molecule has 32 heavy (non-hydrogen) atoms. The summed E-state index contributed by atoms with van der Waals surface area (Å²) in [5, 5.41) is 8.39. The first-order valence-electron chi connectivity index (χ1n) is 11.2. The van der Waals surface area contributed by atoms with Crippen LogP contribution in [0.25, 0.3) is 16.6 Å². The van der Waals surface area contributed by atoms with Crippen LogP contribution in [0.15, 0.2) is 36.9 Å². The monoisotopic (exact) mass is 445 g/mol. The molecule has 3 aromatic rings. The van der Waals surface area contributed by atoms with Gasteiger partial charge in [0, 0.05) is 30.6 Å². The molecule has 2 N–H and O–H groups in total. The molecule has 8 heteroatoms. The van der Waals surface area contributed by atoms with E-state index in [2.05, 4.69) is 14.9 Å². The second-order valence-electron chi connectivity index (χ2n) is 8.16. The molecule has 1 amide bonds. The molecule has 1 fully saturated rings. The van der Waals surface area contributed by atoms with Crippen LogP contribution >= 0.6 is 0 Å². The molecule has 0 bridgehead atoms. The van der Waals surface area contributed by atoms with Crippen molar-refractivity contribution in [3.8, 4) is 16.9 Å². The Hall–Kier alpha value is -3.03. The maximum atomic E-state index is 10.0. The Balaban J connectivity index is 0.000000284. The third kappa shape index (κ3) is 9.41. The Labute approximate surface area is 191 Å². The average molecular weight is 446 g/mol. The fraction of sp³-hybridized carbons (Fsp3) is 0.542. The molecule has 0 atom stereocenters. The van der Waals surface area contributed by atoms with E-state index in [1.54, 1.807) is 43.3 Å². The van der Waals surface area contributed by atoms with Crippen molar-refractivity contribution in [3.63, 3.8) is 0 Å². The Morgan fingerprint density at radius 2 is 1.62 bits per heavy atom. The molecule has 0 saturated heterocycles. The van der Waals surface area contributed by atoms with Crippen molar-refractivity contribution in [2.45, 2.75) is 72.3 Å². The number of pyridine rings is 1. The lowest BCUT2D eigenvalue weighted by atomic mass is 10.1. The summed E-state index contributed by atoms with van der Waals surface area (Å²) in [5.74, 6) is 0.809. The number of methoxy groups -OCH3 is 1. The zero-order valence-electron chi connectivity index (χ0n) is 20.6. The molecule has 1 aliphatic rings. The van der Waals surface area contributed by atoms with Gasteiger partial charge in [-0.3, -0.25) is 4.68 Å².